The lowest BCUT2D eigenvalue weighted by molar-refractivity contribution is 0.409. The Bertz CT molecular complexity index is 2300. The molecule has 7 rings (SSSR count). The normalized spacial score (nSPS) is 12.0. The number of fused-ring (bicyclic) bond motifs is 3. The monoisotopic (exact) mass is 646 g/mol. The van der Waals surface area contributed by atoms with Crippen molar-refractivity contribution >= 4 is 21.8 Å². The van der Waals surface area contributed by atoms with Crippen LogP contribution in [0, 0.1) is 32.1 Å². The summed E-state index contributed by atoms with van der Waals surface area (Å²) in [4.78, 5) is 4.81. The van der Waals surface area contributed by atoms with Crippen molar-refractivity contribution in [3.05, 3.63) is 131 Å². The van der Waals surface area contributed by atoms with Gasteiger partial charge in [-0.05, 0) is 116 Å². The minimum atomic E-state index is 0.106. The first-order valence-corrected chi connectivity index (χ1v) is 17.4. The second-order valence-corrected chi connectivity index (χ2v) is 15.2. The molecule has 0 saturated heterocycles. The van der Waals surface area contributed by atoms with Crippen LogP contribution < -0.4 is 4.74 Å². The van der Waals surface area contributed by atoms with Gasteiger partial charge in [-0.3, -0.25) is 4.57 Å². The molecule has 0 aliphatic carbocycles. The Morgan fingerprint density at radius 1 is 0.735 bits per heavy atom. The van der Waals surface area contributed by atoms with Crippen molar-refractivity contribution in [1.29, 1.82) is 0 Å². The molecule has 0 bridgehead atoms. The molecular weight excluding hydrogens is 601 g/mol. The number of rotatable bonds is 8. The smallest absolute Gasteiger partial charge is 0.137 e. The molecular formula is C44H46N4O. The lowest BCUT2D eigenvalue weighted by atomic mass is 9.88. The van der Waals surface area contributed by atoms with Crippen LogP contribution in [-0.4, -0.2) is 19.3 Å². The van der Waals surface area contributed by atoms with Crippen LogP contribution >= 0.6 is 0 Å². The summed E-state index contributed by atoms with van der Waals surface area (Å²) < 4.78 is 11.1. The molecule has 5 heteroatoms. The van der Waals surface area contributed by atoms with E-state index < -0.39 is 0 Å². The number of ether oxygens (including phenoxy) is 1. The Balaban J connectivity index is 1.35. The molecule has 0 atom stereocenters. The maximum atomic E-state index is 6.78. The quantitative estimate of drug-likeness (QED) is 0.165. The van der Waals surface area contributed by atoms with E-state index in [0.29, 0.717) is 5.92 Å². The third-order valence-corrected chi connectivity index (χ3v) is 9.10. The van der Waals surface area contributed by atoms with Crippen LogP contribution in [0.5, 0.6) is 11.5 Å². The molecule has 0 saturated carbocycles. The van der Waals surface area contributed by atoms with E-state index in [1.807, 2.05) is 12.3 Å². The standard InChI is InChI=1S/C44H46N4O/c1-28(2)20-32-14-17-40-39(24-32)38-16-15-36(26-41(38)47(40)42-21-29(3)18-19-45-42)49-37-23-33(27-44(6,7)8)22-35(25-37)48-31(5)43(30(4)46-48)34-12-10-9-11-13-34/h9-19,21-26,28H,20,27H2,1-8H3. The Kier molecular flexibility index (Phi) is 8.40. The number of nitrogens with zero attached hydrogens (tertiary/aromatic N) is 4. The van der Waals surface area contributed by atoms with Crippen molar-refractivity contribution in [2.24, 2.45) is 11.3 Å². The van der Waals surface area contributed by atoms with Crippen LogP contribution in [0.15, 0.2) is 103 Å². The number of aryl methyl sites for hydroxylation is 2. The SMILES string of the molecule is Cc1ccnc(-n2c3ccc(CC(C)C)cc3c3ccc(Oc4cc(CC(C)(C)C)cc(-n5nc(C)c(-c6ccccc6)c5C)c4)cc32)c1. The fraction of sp³-hybridized carbons (Fsp3) is 0.273. The summed E-state index contributed by atoms with van der Waals surface area (Å²) in [5.74, 6) is 3.06. The maximum absolute atomic E-state index is 6.78. The van der Waals surface area contributed by atoms with E-state index in [1.165, 1.54) is 38.6 Å². The van der Waals surface area contributed by atoms with Gasteiger partial charge < -0.3 is 4.74 Å². The van der Waals surface area contributed by atoms with Crippen molar-refractivity contribution in [3.63, 3.8) is 0 Å². The van der Waals surface area contributed by atoms with Gasteiger partial charge in [-0.2, -0.15) is 5.10 Å². The summed E-state index contributed by atoms with van der Waals surface area (Å²) in [6.45, 7) is 17.7. The van der Waals surface area contributed by atoms with E-state index in [4.69, 9.17) is 14.8 Å². The van der Waals surface area contributed by atoms with Crippen LogP contribution in [0.25, 0.3) is 44.4 Å². The lowest BCUT2D eigenvalue weighted by Gasteiger charge is -2.20. The van der Waals surface area contributed by atoms with Crippen LogP contribution in [0.2, 0.25) is 0 Å². The van der Waals surface area contributed by atoms with Crippen LogP contribution in [-0.2, 0) is 12.8 Å². The van der Waals surface area contributed by atoms with Crippen molar-refractivity contribution in [1.82, 2.24) is 19.3 Å². The average molecular weight is 647 g/mol. The number of hydrogen-bond acceptors (Lipinski definition) is 3. The summed E-state index contributed by atoms with van der Waals surface area (Å²) in [7, 11) is 0. The van der Waals surface area contributed by atoms with E-state index in [1.54, 1.807) is 0 Å². The van der Waals surface area contributed by atoms with Gasteiger partial charge in [0, 0.05) is 40.4 Å². The van der Waals surface area contributed by atoms with Gasteiger partial charge in [0.2, 0.25) is 0 Å². The topological polar surface area (TPSA) is 44.9 Å². The zero-order chi connectivity index (χ0) is 34.4. The highest BCUT2D eigenvalue weighted by Gasteiger charge is 2.19. The van der Waals surface area contributed by atoms with Gasteiger partial charge in [-0.25, -0.2) is 9.67 Å². The van der Waals surface area contributed by atoms with Crippen molar-refractivity contribution in [3.8, 4) is 34.1 Å². The highest BCUT2D eigenvalue weighted by atomic mass is 16.5. The number of aromatic nitrogens is 4. The number of hydrogen-bond donors (Lipinski definition) is 0. The first-order valence-electron chi connectivity index (χ1n) is 17.4. The second kappa shape index (κ2) is 12.7. The van der Waals surface area contributed by atoms with E-state index in [0.717, 1.165) is 58.3 Å². The molecule has 0 radical (unpaired) electrons. The Morgan fingerprint density at radius 3 is 2.27 bits per heavy atom. The second-order valence-electron chi connectivity index (χ2n) is 15.2. The Labute approximate surface area is 290 Å². The molecule has 0 N–H and O–H groups in total. The van der Waals surface area contributed by atoms with Gasteiger partial charge in [-0.1, -0.05) is 71.0 Å². The summed E-state index contributed by atoms with van der Waals surface area (Å²) in [5.41, 5.74) is 11.5. The molecule has 7 aromatic rings. The van der Waals surface area contributed by atoms with Gasteiger partial charge in [-0.15, -0.1) is 0 Å². The Morgan fingerprint density at radius 2 is 1.53 bits per heavy atom. The zero-order valence-electron chi connectivity index (χ0n) is 30.0. The first-order chi connectivity index (χ1) is 23.4. The van der Waals surface area contributed by atoms with Crippen LogP contribution in [0.3, 0.4) is 0 Å². The molecule has 0 aliphatic heterocycles. The molecule has 0 spiro atoms. The predicted octanol–water partition coefficient (Wildman–Crippen LogP) is 11.5. The van der Waals surface area contributed by atoms with Crippen molar-refractivity contribution < 1.29 is 4.74 Å². The third-order valence-electron chi connectivity index (χ3n) is 9.10. The van der Waals surface area contributed by atoms with E-state index in [-0.39, 0.29) is 5.41 Å². The average Bonchev–Trinajstić information content (AvgIpc) is 3.52. The fourth-order valence-electron chi connectivity index (χ4n) is 7.19. The van der Waals surface area contributed by atoms with E-state index >= 15 is 0 Å². The summed E-state index contributed by atoms with van der Waals surface area (Å²) in [5, 5.41) is 7.46. The zero-order valence-corrected chi connectivity index (χ0v) is 30.0. The minimum absolute atomic E-state index is 0.106. The molecule has 3 heterocycles. The van der Waals surface area contributed by atoms with Gasteiger partial charge >= 0.3 is 0 Å². The molecule has 248 valence electrons. The highest BCUT2D eigenvalue weighted by molar-refractivity contribution is 6.09. The Hall–Kier alpha value is -5.16. The lowest BCUT2D eigenvalue weighted by Crippen LogP contribution is -2.10. The van der Waals surface area contributed by atoms with Crippen LogP contribution in [0.4, 0.5) is 0 Å². The minimum Gasteiger partial charge on any atom is -0.457 e. The molecule has 0 amide bonds. The van der Waals surface area contributed by atoms with Crippen LogP contribution in [0.1, 0.15) is 62.7 Å². The third kappa shape index (κ3) is 6.63. The summed E-state index contributed by atoms with van der Waals surface area (Å²) >= 11 is 0. The van der Waals surface area contributed by atoms with Gasteiger partial charge in [0.15, 0.2) is 0 Å². The maximum Gasteiger partial charge on any atom is 0.137 e. The molecule has 0 unspecified atom stereocenters. The number of pyridine rings is 1. The van der Waals surface area contributed by atoms with Gasteiger partial charge in [0.05, 0.1) is 22.4 Å². The number of benzene rings is 4. The molecule has 5 nitrogen and oxygen atoms in total. The van der Waals surface area contributed by atoms with Crippen molar-refractivity contribution in [2.75, 3.05) is 0 Å². The van der Waals surface area contributed by atoms with E-state index in [9.17, 15) is 0 Å². The van der Waals surface area contributed by atoms with Crippen molar-refractivity contribution in [2.45, 2.75) is 68.2 Å². The first kappa shape index (κ1) is 32.4. The molecule has 0 aliphatic rings. The highest BCUT2D eigenvalue weighted by Crippen LogP contribution is 2.37. The summed E-state index contributed by atoms with van der Waals surface area (Å²) in [6.07, 6.45) is 3.84. The fourth-order valence-corrected chi connectivity index (χ4v) is 7.19. The largest absolute Gasteiger partial charge is 0.457 e. The van der Waals surface area contributed by atoms with E-state index in [2.05, 4.69) is 156 Å². The molecule has 0 fully saturated rings. The molecule has 49 heavy (non-hydrogen) atoms. The molecule has 4 aromatic carbocycles. The predicted molar refractivity (Wildman–Crippen MR) is 204 cm³/mol. The summed E-state index contributed by atoms with van der Waals surface area (Å²) in [6, 6.07) is 34.6. The molecule has 3 aromatic heterocycles. The van der Waals surface area contributed by atoms with Gasteiger partial charge in [0.25, 0.3) is 0 Å². The van der Waals surface area contributed by atoms with Gasteiger partial charge in [0.1, 0.15) is 17.3 Å².